The Morgan fingerprint density at radius 1 is 0.829 bits per heavy atom. The zero-order chi connectivity index (χ0) is 24.4. The summed E-state index contributed by atoms with van der Waals surface area (Å²) in [6.07, 6.45) is 3.36. The molecule has 1 N–H and O–H groups in total. The van der Waals surface area contributed by atoms with Crippen molar-refractivity contribution in [3.05, 3.63) is 79.1 Å². The van der Waals surface area contributed by atoms with Crippen molar-refractivity contribution in [3.8, 4) is 34.1 Å². The number of nitrogens with one attached hydrogen (secondary N) is 1. The number of nitrogens with zero attached hydrogens (tertiary/aromatic N) is 5. The number of sulfonamides is 1. The average molecular weight is 489 g/mol. The SMILES string of the molecule is COc1ccc(S(=O)(=O)Nc2ccc(-c3ccc4nnc(-c5ccncc5)n4n3)cc2)c(OC)c1. The van der Waals surface area contributed by atoms with Crippen LogP contribution in [0.2, 0.25) is 0 Å². The minimum absolute atomic E-state index is 0.00763. The second-order valence-electron chi connectivity index (χ2n) is 7.45. The van der Waals surface area contributed by atoms with Crippen LogP contribution in [0.5, 0.6) is 11.5 Å². The minimum Gasteiger partial charge on any atom is -0.497 e. The molecule has 0 fully saturated rings. The monoisotopic (exact) mass is 488 g/mol. The maximum absolute atomic E-state index is 13.0. The molecule has 176 valence electrons. The molecule has 0 radical (unpaired) electrons. The van der Waals surface area contributed by atoms with Crippen molar-refractivity contribution in [2.45, 2.75) is 4.90 Å². The van der Waals surface area contributed by atoms with Crippen molar-refractivity contribution >= 4 is 21.4 Å². The fraction of sp³-hybridized carbons (Fsp3) is 0.0833. The van der Waals surface area contributed by atoms with Crippen molar-refractivity contribution in [2.24, 2.45) is 0 Å². The minimum atomic E-state index is -3.89. The highest BCUT2D eigenvalue weighted by Crippen LogP contribution is 2.30. The summed E-state index contributed by atoms with van der Waals surface area (Å²) in [5.74, 6) is 1.28. The van der Waals surface area contributed by atoms with Gasteiger partial charge in [0.2, 0.25) is 0 Å². The smallest absolute Gasteiger partial charge is 0.265 e. The number of aromatic nitrogens is 5. The summed E-state index contributed by atoms with van der Waals surface area (Å²) in [7, 11) is -0.984. The van der Waals surface area contributed by atoms with Gasteiger partial charge in [0.05, 0.1) is 19.9 Å². The van der Waals surface area contributed by atoms with Gasteiger partial charge < -0.3 is 9.47 Å². The normalized spacial score (nSPS) is 11.4. The van der Waals surface area contributed by atoms with Crippen LogP contribution in [-0.2, 0) is 10.0 Å². The lowest BCUT2D eigenvalue weighted by Crippen LogP contribution is -2.14. The first-order valence-corrected chi connectivity index (χ1v) is 11.9. The Labute approximate surface area is 201 Å². The first-order chi connectivity index (χ1) is 17.0. The zero-order valence-corrected chi connectivity index (χ0v) is 19.6. The molecule has 10 nitrogen and oxygen atoms in total. The largest absolute Gasteiger partial charge is 0.497 e. The molecule has 0 unspecified atom stereocenters. The topological polar surface area (TPSA) is 121 Å². The molecule has 2 aromatic carbocycles. The molecule has 5 aromatic rings. The van der Waals surface area contributed by atoms with Crippen molar-refractivity contribution < 1.29 is 17.9 Å². The van der Waals surface area contributed by atoms with E-state index in [1.54, 1.807) is 47.2 Å². The number of hydrogen-bond acceptors (Lipinski definition) is 8. The van der Waals surface area contributed by atoms with Gasteiger partial charge in [-0.3, -0.25) is 9.71 Å². The molecular weight excluding hydrogens is 468 g/mol. The van der Waals surface area contributed by atoms with Crippen LogP contribution in [0.25, 0.3) is 28.3 Å². The van der Waals surface area contributed by atoms with Gasteiger partial charge in [-0.15, -0.1) is 10.2 Å². The van der Waals surface area contributed by atoms with Gasteiger partial charge in [0, 0.05) is 35.3 Å². The average Bonchev–Trinajstić information content (AvgIpc) is 3.32. The number of rotatable bonds is 7. The summed E-state index contributed by atoms with van der Waals surface area (Å²) in [6.45, 7) is 0. The number of ether oxygens (including phenoxy) is 2. The second-order valence-corrected chi connectivity index (χ2v) is 9.10. The summed E-state index contributed by atoms with van der Waals surface area (Å²) in [5, 5.41) is 13.1. The Balaban J connectivity index is 1.42. The van der Waals surface area contributed by atoms with E-state index in [2.05, 4.69) is 25.0 Å². The van der Waals surface area contributed by atoms with Crippen LogP contribution in [0, 0.1) is 0 Å². The summed E-state index contributed by atoms with van der Waals surface area (Å²) >= 11 is 0. The van der Waals surface area contributed by atoms with E-state index in [1.807, 2.05) is 24.3 Å². The Kier molecular flexibility index (Phi) is 5.75. The van der Waals surface area contributed by atoms with Crippen molar-refractivity contribution in [1.29, 1.82) is 0 Å². The second kappa shape index (κ2) is 9.03. The number of methoxy groups -OCH3 is 2. The molecule has 0 bridgehead atoms. The Hall–Kier alpha value is -4.51. The predicted octanol–water partition coefficient (Wildman–Crippen LogP) is 3.67. The molecule has 0 amide bonds. The molecule has 0 atom stereocenters. The van der Waals surface area contributed by atoms with Crippen LogP contribution in [0.1, 0.15) is 0 Å². The fourth-order valence-corrected chi connectivity index (χ4v) is 4.75. The predicted molar refractivity (Wildman–Crippen MR) is 130 cm³/mol. The first-order valence-electron chi connectivity index (χ1n) is 10.5. The molecule has 35 heavy (non-hydrogen) atoms. The van der Waals surface area contributed by atoms with Gasteiger partial charge >= 0.3 is 0 Å². The number of pyridine rings is 1. The molecule has 0 aliphatic rings. The van der Waals surface area contributed by atoms with Gasteiger partial charge in [0.1, 0.15) is 16.4 Å². The molecular formula is C24H20N6O4S. The molecule has 0 saturated carbocycles. The molecule has 0 spiro atoms. The number of benzene rings is 2. The van der Waals surface area contributed by atoms with Gasteiger partial charge in [-0.25, -0.2) is 8.42 Å². The summed E-state index contributed by atoms with van der Waals surface area (Å²) < 4.78 is 40.5. The van der Waals surface area contributed by atoms with Crippen molar-refractivity contribution in [1.82, 2.24) is 24.8 Å². The van der Waals surface area contributed by atoms with Gasteiger partial charge in [-0.05, 0) is 48.5 Å². The lowest BCUT2D eigenvalue weighted by atomic mass is 10.1. The van der Waals surface area contributed by atoms with E-state index in [9.17, 15) is 8.42 Å². The van der Waals surface area contributed by atoms with Gasteiger partial charge in [0.15, 0.2) is 11.5 Å². The van der Waals surface area contributed by atoms with E-state index in [4.69, 9.17) is 9.47 Å². The Morgan fingerprint density at radius 3 is 2.31 bits per heavy atom. The van der Waals surface area contributed by atoms with Crippen LogP contribution < -0.4 is 14.2 Å². The highest BCUT2D eigenvalue weighted by atomic mass is 32.2. The Morgan fingerprint density at radius 2 is 1.60 bits per heavy atom. The standard InChI is InChI=1S/C24H20N6O4S/c1-33-19-7-9-22(21(15-19)34-2)35(31,32)29-18-5-3-16(4-6-18)20-8-10-23-26-27-24(30(23)28-20)17-11-13-25-14-12-17/h3-15,29H,1-2H3. The van der Waals surface area contributed by atoms with Gasteiger partial charge in [-0.1, -0.05) is 12.1 Å². The third kappa shape index (κ3) is 4.36. The molecule has 5 rings (SSSR count). The lowest BCUT2D eigenvalue weighted by molar-refractivity contribution is 0.386. The maximum Gasteiger partial charge on any atom is 0.265 e. The fourth-order valence-electron chi connectivity index (χ4n) is 3.54. The highest BCUT2D eigenvalue weighted by molar-refractivity contribution is 7.92. The highest BCUT2D eigenvalue weighted by Gasteiger charge is 2.20. The maximum atomic E-state index is 13.0. The van der Waals surface area contributed by atoms with Crippen LogP contribution in [0.3, 0.4) is 0 Å². The van der Waals surface area contributed by atoms with Gasteiger partial charge in [0.25, 0.3) is 10.0 Å². The molecule has 0 aliphatic heterocycles. The van der Waals surface area contributed by atoms with Crippen LogP contribution >= 0.6 is 0 Å². The molecule has 0 saturated heterocycles. The quantitative estimate of drug-likeness (QED) is 0.368. The zero-order valence-electron chi connectivity index (χ0n) is 18.8. The number of fused-ring (bicyclic) bond motifs is 1. The van der Waals surface area contributed by atoms with Gasteiger partial charge in [-0.2, -0.15) is 9.61 Å². The van der Waals surface area contributed by atoms with Crippen molar-refractivity contribution in [2.75, 3.05) is 18.9 Å². The van der Waals surface area contributed by atoms with Crippen molar-refractivity contribution in [3.63, 3.8) is 0 Å². The van der Waals surface area contributed by atoms with E-state index in [-0.39, 0.29) is 10.6 Å². The van der Waals surface area contributed by atoms with Crippen LogP contribution in [0.15, 0.2) is 84.0 Å². The molecule has 0 aliphatic carbocycles. The summed E-state index contributed by atoms with van der Waals surface area (Å²) in [4.78, 5) is 4.04. The third-order valence-electron chi connectivity index (χ3n) is 5.29. The molecule has 3 heterocycles. The number of hydrogen-bond donors (Lipinski definition) is 1. The summed E-state index contributed by atoms with van der Waals surface area (Å²) in [5.41, 5.74) is 3.33. The van der Waals surface area contributed by atoms with E-state index < -0.39 is 10.0 Å². The van der Waals surface area contributed by atoms with E-state index in [1.165, 1.54) is 26.4 Å². The summed E-state index contributed by atoms with van der Waals surface area (Å²) in [6, 6.07) is 18.8. The Bertz CT molecular complexity index is 1600. The lowest BCUT2D eigenvalue weighted by Gasteiger charge is -2.13. The first kappa shape index (κ1) is 22.3. The number of anilines is 1. The van der Waals surface area contributed by atoms with E-state index in [0.29, 0.717) is 28.6 Å². The third-order valence-corrected chi connectivity index (χ3v) is 6.72. The van der Waals surface area contributed by atoms with Crippen LogP contribution in [-0.4, -0.2) is 47.4 Å². The van der Waals surface area contributed by atoms with Crippen LogP contribution in [0.4, 0.5) is 5.69 Å². The molecule has 3 aromatic heterocycles. The molecule has 11 heteroatoms. The van der Waals surface area contributed by atoms with E-state index in [0.717, 1.165) is 11.1 Å². The van der Waals surface area contributed by atoms with E-state index >= 15 is 0 Å².